The summed E-state index contributed by atoms with van der Waals surface area (Å²) in [5, 5.41) is 0.142. The van der Waals surface area contributed by atoms with Crippen LogP contribution in [0.4, 0.5) is 4.39 Å². The van der Waals surface area contributed by atoms with Crippen LogP contribution in [0.5, 0.6) is 0 Å². The zero-order valence-corrected chi connectivity index (χ0v) is 21.1. The van der Waals surface area contributed by atoms with Crippen molar-refractivity contribution in [1.29, 1.82) is 0 Å². The first-order valence-electron chi connectivity index (χ1n) is 11.0. The molecule has 0 spiro atoms. The lowest BCUT2D eigenvalue weighted by molar-refractivity contribution is 0.0968. The third-order valence-electron chi connectivity index (χ3n) is 5.15. The molecule has 0 aliphatic carbocycles. The molecule has 6 N–H and O–H groups in total. The number of hydrogen-bond donors (Lipinski definition) is 3. The van der Waals surface area contributed by atoms with E-state index in [1.165, 1.54) is 37.5 Å². The summed E-state index contributed by atoms with van der Waals surface area (Å²) in [6.45, 7) is 9.47. The summed E-state index contributed by atoms with van der Waals surface area (Å²) in [6.07, 6.45) is 4.71. The van der Waals surface area contributed by atoms with E-state index in [0.29, 0.717) is 11.3 Å². The molecule has 1 saturated heterocycles. The fourth-order valence-corrected chi connectivity index (χ4v) is 3.89. The Morgan fingerprint density at radius 2 is 1.62 bits per heavy atom. The van der Waals surface area contributed by atoms with Crippen molar-refractivity contribution in [2.45, 2.75) is 39.2 Å². The second-order valence-corrected chi connectivity index (χ2v) is 8.75. The molecule has 2 aromatic rings. The first-order chi connectivity index (χ1) is 16.1. The van der Waals surface area contributed by atoms with Crippen LogP contribution in [0, 0.1) is 5.82 Å². The SMILES string of the molecule is C1CCOCC1.C=C(C)c1ccc(/C(N)=C/C(OC(C)c2c(Cl)ccc(F)c2Cl)=C(N)N)cc1. The average Bonchev–Trinajstić information content (AvgIpc) is 2.82. The number of allylic oxidation sites excluding steroid dienone is 2. The molecule has 1 aliphatic heterocycles. The maximum Gasteiger partial charge on any atom is 0.161 e. The minimum absolute atomic E-state index is 0.0861. The molecule has 34 heavy (non-hydrogen) atoms. The van der Waals surface area contributed by atoms with Crippen molar-refractivity contribution in [2.24, 2.45) is 17.2 Å². The predicted octanol–water partition coefficient (Wildman–Crippen LogP) is 6.52. The zero-order chi connectivity index (χ0) is 25.3. The average molecular weight is 508 g/mol. The third kappa shape index (κ3) is 7.97. The van der Waals surface area contributed by atoms with E-state index in [2.05, 4.69) is 6.58 Å². The van der Waals surface area contributed by atoms with Crippen LogP contribution in [-0.2, 0) is 9.47 Å². The summed E-state index contributed by atoms with van der Waals surface area (Å²) in [7, 11) is 0. The highest BCUT2D eigenvalue weighted by Gasteiger charge is 2.20. The fourth-order valence-electron chi connectivity index (χ4n) is 3.21. The summed E-state index contributed by atoms with van der Waals surface area (Å²) in [5.41, 5.74) is 21.0. The Morgan fingerprint density at radius 1 is 1.03 bits per heavy atom. The topological polar surface area (TPSA) is 96.5 Å². The van der Waals surface area contributed by atoms with E-state index in [1.54, 1.807) is 6.92 Å². The van der Waals surface area contributed by atoms with E-state index in [1.807, 2.05) is 31.2 Å². The Morgan fingerprint density at radius 3 is 2.09 bits per heavy atom. The van der Waals surface area contributed by atoms with Gasteiger partial charge in [-0.05, 0) is 56.4 Å². The van der Waals surface area contributed by atoms with Crippen molar-refractivity contribution in [1.82, 2.24) is 0 Å². The Bertz CT molecular complexity index is 1030. The summed E-state index contributed by atoms with van der Waals surface area (Å²) < 4.78 is 24.7. The standard InChI is InChI=1S/C21H22Cl2FN3O.C5H10O/c1-11(2)13-4-6-14(7-5-13)17(25)10-18(21(26)27)28-12(3)19-15(22)8-9-16(24)20(19)23;1-2-4-6-5-3-1/h4-10,12H,1,25-27H2,2-3H3;1-5H2/b17-10-;. The number of benzene rings is 2. The lowest BCUT2D eigenvalue weighted by atomic mass is 10.0. The van der Waals surface area contributed by atoms with Crippen LogP contribution in [0.1, 0.15) is 55.9 Å². The van der Waals surface area contributed by atoms with Gasteiger partial charge in [-0.15, -0.1) is 0 Å². The number of halogens is 3. The van der Waals surface area contributed by atoms with Gasteiger partial charge in [0.15, 0.2) is 5.76 Å². The van der Waals surface area contributed by atoms with Gasteiger partial charge in [-0.2, -0.15) is 0 Å². The monoisotopic (exact) mass is 507 g/mol. The maximum atomic E-state index is 13.8. The van der Waals surface area contributed by atoms with E-state index < -0.39 is 11.9 Å². The van der Waals surface area contributed by atoms with Crippen LogP contribution in [0.25, 0.3) is 11.3 Å². The van der Waals surface area contributed by atoms with Crippen molar-refractivity contribution in [3.8, 4) is 0 Å². The van der Waals surface area contributed by atoms with Gasteiger partial charge in [-0.3, -0.25) is 0 Å². The van der Waals surface area contributed by atoms with Gasteiger partial charge >= 0.3 is 0 Å². The summed E-state index contributed by atoms with van der Waals surface area (Å²) in [4.78, 5) is 0. The molecule has 0 bridgehead atoms. The summed E-state index contributed by atoms with van der Waals surface area (Å²) >= 11 is 12.2. The number of nitrogens with two attached hydrogens (primary N) is 3. The molecular weight excluding hydrogens is 476 g/mol. The van der Waals surface area contributed by atoms with Crippen LogP contribution < -0.4 is 17.2 Å². The van der Waals surface area contributed by atoms with E-state index >= 15 is 0 Å². The fraction of sp³-hybridized carbons (Fsp3) is 0.308. The zero-order valence-electron chi connectivity index (χ0n) is 19.5. The molecule has 0 amide bonds. The van der Waals surface area contributed by atoms with E-state index in [-0.39, 0.29) is 21.6 Å². The first kappa shape index (κ1) is 27.6. The largest absolute Gasteiger partial charge is 0.482 e. The molecule has 1 fully saturated rings. The number of rotatable bonds is 6. The minimum Gasteiger partial charge on any atom is -0.482 e. The van der Waals surface area contributed by atoms with Crippen LogP contribution in [0.15, 0.2) is 60.6 Å². The molecule has 1 atom stereocenters. The van der Waals surface area contributed by atoms with Gasteiger partial charge in [0, 0.05) is 35.6 Å². The molecule has 0 radical (unpaired) electrons. The maximum absolute atomic E-state index is 13.8. The van der Waals surface area contributed by atoms with Gasteiger partial charge in [-0.25, -0.2) is 4.39 Å². The predicted molar refractivity (Wildman–Crippen MR) is 139 cm³/mol. The van der Waals surface area contributed by atoms with Crippen molar-refractivity contribution < 1.29 is 13.9 Å². The van der Waals surface area contributed by atoms with Gasteiger partial charge in [0.05, 0.1) is 5.02 Å². The highest BCUT2D eigenvalue weighted by atomic mass is 35.5. The van der Waals surface area contributed by atoms with Gasteiger partial charge in [0.2, 0.25) is 0 Å². The number of hydrogen-bond acceptors (Lipinski definition) is 5. The molecule has 3 rings (SSSR count). The first-order valence-corrected chi connectivity index (χ1v) is 11.7. The summed E-state index contributed by atoms with van der Waals surface area (Å²) in [5.74, 6) is -0.558. The molecule has 1 aliphatic rings. The molecule has 184 valence electrons. The van der Waals surface area contributed by atoms with Crippen LogP contribution in [0.2, 0.25) is 10.0 Å². The molecule has 0 saturated carbocycles. The molecule has 2 aromatic carbocycles. The second kappa shape index (κ2) is 13.3. The van der Waals surface area contributed by atoms with Crippen molar-refractivity contribution in [3.63, 3.8) is 0 Å². The second-order valence-electron chi connectivity index (χ2n) is 7.97. The summed E-state index contributed by atoms with van der Waals surface area (Å²) in [6, 6.07) is 10.1. The quantitative estimate of drug-likeness (QED) is 0.235. The highest BCUT2D eigenvalue weighted by Crippen LogP contribution is 2.35. The third-order valence-corrected chi connectivity index (χ3v) is 5.86. The Kier molecular flexibility index (Phi) is 10.8. The van der Waals surface area contributed by atoms with Gasteiger partial charge in [0.25, 0.3) is 0 Å². The highest BCUT2D eigenvalue weighted by molar-refractivity contribution is 6.36. The molecule has 8 heteroatoms. The minimum atomic E-state index is -0.720. The molecule has 1 unspecified atom stereocenters. The lowest BCUT2D eigenvalue weighted by Gasteiger charge is -2.19. The molecule has 1 heterocycles. The molecule has 5 nitrogen and oxygen atoms in total. The van der Waals surface area contributed by atoms with Crippen molar-refractivity contribution in [2.75, 3.05) is 13.2 Å². The molecular formula is C26H32Cl2FN3O2. The Balaban J connectivity index is 0.000000589. The number of ether oxygens (including phenoxy) is 2. The Hall–Kier alpha value is -2.67. The van der Waals surface area contributed by atoms with Crippen molar-refractivity contribution >= 4 is 34.5 Å². The van der Waals surface area contributed by atoms with Gasteiger partial charge < -0.3 is 26.7 Å². The molecule has 0 aromatic heterocycles. The Labute approximate surface area is 211 Å². The van der Waals surface area contributed by atoms with Crippen LogP contribution in [-0.4, -0.2) is 13.2 Å². The van der Waals surface area contributed by atoms with E-state index in [0.717, 1.165) is 29.9 Å². The normalized spacial score (nSPS) is 14.4. The van der Waals surface area contributed by atoms with Crippen LogP contribution in [0.3, 0.4) is 0 Å². The van der Waals surface area contributed by atoms with Crippen LogP contribution >= 0.6 is 23.2 Å². The smallest absolute Gasteiger partial charge is 0.161 e. The van der Waals surface area contributed by atoms with Gasteiger partial charge in [0.1, 0.15) is 17.7 Å². The van der Waals surface area contributed by atoms with E-state index in [9.17, 15) is 4.39 Å². The van der Waals surface area contributed by atoms with Crippen molar-refractivity contribution in [3.05, 3.63) is 93.2 Å². The lowest BCUT2D eigenvalue weighted by Crippen LogP contribution is -2.15. The van der Waals surface area contributed by atoms with Gasteiger partial charge in [-0.1, -0.05) is 59.6 Å². The van der Waals surface area contributed by atoms with E-state index in [4.69, 9.17) is 49.9 Å².